The highest BCUT2D eigenvalue weighted by atomic mass is 16.3. The van der Waals surface area contributed by atoms with Crippen molar-refractivity contribution in [2.75, 3.05) is 0 Å². The standard InChI is InChI=1S/C22H38O/c1-14(2)19-7-8-20-18-6-5-15-13-21(3,23)11-9-16(15)17(18)10-12-22(19,20)4/h14-20,23H,5-13H2,1-4H3/t15-,16+,17-,18-,19-,20+,21-,22-/m1/s1. The molecule has 0 heterocycles. The van der Waals surface area contributed by atoms with E-state index in [2.05, 4.69) is 27.7 Å². The van der Waals surface area contributed by atoms with Crippen molar-refractivity contribution < 1.29 is 5.11 Å². The summed E-state index contributed by atoms with van der Waals surface area (Å²) in [6, 6.07) is 0. The lowest BCUT2D eigenvalue weighted by Crippen LogP contribution is -2.50. The Morgan fingerprint density at radius 3 is 2.30 bits per heavy atom. The van der Waals surface area contributed by atoms with Crippen LogP contribution < -0.4 is 0 Å². The normalized spacial score (nSPS) is 56.1. The first-order chi connectivity index (χ1) is 10.8. The second kappa shape index (κ2) is 5.48. The van der Waals surface area contributed by atoms with Gasteiger partial charge in [-0.25, -0.2) is 0 Å². The molecule has 4 aliphatic rings. The maximum atomic E-state index is 10.5. The molecule has 132 valence electrons. The highest BCUT2D eigenvalue weighted by Crippen LogP contribution is 2.65. The first-order valence-corrected chi connectivity index (χ1v) is 10.5. The summed E-state index contributed by atoms with van der Waals surface area (Å²) in [5, 5.41) is 10.5. The lowest BCUT2D eigenvalue weighted by atomic mass is 9.48. The van der Waals surface area contributed by atoms with Crippen molar-refractivity contribution >= 4 is 0 Å². The van der Waals surface area contributed by atoms with Gasteiger partial charge in [-0.1, -0.05) is 20.8 Å². The topological polar surface area (TPSA) is 20.2 Å². The fraction of sp³-hybridized carbons (Fsp3) is 1.00. The molecule has 1 heteroatoms. The van der Waals surface area contributed by atoms with Crippen LogP contribution in [0.4, 0.5) is 0 Å². The molecule has 0 bridgehead atoms. The maximum Gasteiger partial charge on any atom is 0.0622 e. The molecule has 0 saturated heterocycles. The molecule has 23 heavy (non-hydrogen) atoms. The quantitative estimate of drug-likeness (QED) is 0.661. The molecule has 4 fully saturated rings. The molecule has 4 rings (SSSR count). The first-order valence-electron chi connectivity index (χ1n) is 10.5. The molecular formula is C22H38O. The van der Waals surface area contributed by atoms with E-state index >= 15 is 0 Å². The van der Waals surface area contributed by atoms with E-state index in [0.717, 1.165) is 54.3 Å². The Labute approximate surface area is 143 Å². The Bertz CT molecular complexity index is 453. The predicted molar refractivity (Wildman–Crippen MR) is 96.1 cm³/mol. The van der Waals surface area contributed by atoms with Gasteiger partial charge in [0, 0.05) is 0 Å². The predicted octanol–water partition coefficient (Wildman–Crippen LogP) is 5.66. The maximum absolute atomic E-state index is 10.5. The van der Waals surface area contributed by atoms with Crippen LogP contribution in [0.15, 0.2) is 0 Å². The molecule has 0 aromatic rings. The summed E-state index contributed by atoms with van der Waals surface area (Å²) in [5.41, 5.74) is 0.273. The first kappa shape index (κ1) is 16.4. The van der Waals surface area contributed by atoms with Crippen molar-refractivity contribution in [2.45, 2.75) is 91.1 Å². The molecule has 4 saturated carbocycles. The molecule has 0 aromatic heterocycles. The molecule has 0 amide bonds. The lowest BCUT2D eigenvalue weighted by molar-refractivity contribution is -0.102. The van der Waals surface area contributed by atoms with Gasteiger partial charge in [-0.15, -0.1) is 0 Å². The number of rotatable bonds is 1. The summed E-state index contributed by atoms with van der Waals surface area (Å²) in [7, 11) is 0. The summed E-state index contributed by atoms with van der Waals surface area (Å²) in [6.45, 7) is 9.66. The minimum atomic E-state index is -0.368. The van der Waals surface area contributed by atoms with E-state index in [1.54, 1.807) is 0 Å². The summed E-state index contributed by atoms with van der Waals surface area (Å²) in [6.07, 6.45) is 12.3. The molecule has 0 aliphatic heterocycles. The Morgan fingerprint density at radius 2 is 1.57 bits per heavy atom. The highest BCUT2D eigenvalue weighted by Gasteiger charge is 2.57. The SMILES string of the molecule is CC(C)[C@H]1CC[C@H]2[C@@H]3CC[C@@H]4C[C@](C)(O)CC[C@@H]4[C@H]3CC[C@]12C. The zero-order valence-electron chi connectivity index (χ0n) is 15.9. The van der Waals surface area contributed by atoms with Crippen molar-refractivity contribution in [3.63, 3.8) is 0 Å². The zero-order valence-corrected chi connectivity index (χ0v) is 15.9. The van der Waals surface area contributed by atoms with Gasteiger partial charge < -0.3 is 5.11 Å². The average molecular weight is 319 g/mol. The van der Waals surface area contributed by atoms with Gasteiger partial charge in [-0.05, 0) is 112 Å². The third-order valence-electron chi connectivity index (χ3n) is 9.12. The molecule has 4 aliphatic carbocycles. The number of hydrogen-bond acceptors (Lipinski definition) is 1. The molecule has 0 spiro atoms. The molecule has 1 nitrogen and oxygen atoms in total. The van der Waals surface area contributed by atoms with Crippen molar-refractivity contribution in [1.82, 2.24) is 0 Å². The van der Waals surface area contributed by atoms with Crippen LogP contribution in [0.2, 0.25) is 0 Å². The van der Waals surface area contributed by atoms with E-state index in [1.807, 2.05) is 0 Å². The third kappa shape index (κ3) is 2.52. The van der Waals surface area contributed by atoms with Crippen molar-refractivity contribution in [3.05, 3.63) is 0 Å². The second-order valence-electron chi connectivity index (χ2n) is 10.6. The molecule has 8 atom stereocenters. The molecule has 0 radical (unpaired) electrons. The van der Waals surface area contributed by atoms with Crippen molar-refractivity contribution in [2.24, 2.45) is 46.8 Å². The summed E-state index contributed by atoms with van der Waals surface area (Å²) in [5.74, 6) is 6.62. The van der Waals surface area contributed by atoms with Crippen LogP contribution in [0.1, 0.15) is 85.5 Å². The van der Waals surface area contributed by atoms with E-state index in [9.17, 15) is 5.11 Å². The van der Waals surface area contributed by atoms with Crippen LogP contribution in [-0.4, -0.2) is 10.7 Å². The van der Waals surface area contributed by atoms with Gasteiger partial charge in [-0.3, -0.25) is 0 Å². The van der Waals surface area contributed by atoms with Gasteiger partial charge in [0.15, 0.2) is 0 Å². The molecule has 0 aromatic carbocycles. The third-order valence-corrected chi connectivity index (χ3v) is 9.12. The Kier molecular flexibility index (Phi) is 3.91. The van der Waals surface area contributed by atoms with Gasteiger partial charge in [0.1, 0.15) is 0 Å². The van der Waals surface area contributed by atoms with Gasteiger partial charge >= 0.3 is 0 Å². The Hall–Kier alpha value is -0.0400. The fourth-order valence-electron chi connectivity index (χ4n) is 8.22. The van der Waals surface area contributed by atoms with Crippen molar-refractivity contribution in [3.8, 4) is 0 Å². The van der Waals surface area contributed by atoms with E-state index < -0.39 is 0 Å². The van der Waals surface area contributed by atoms with Gasteiger partial charge in [0.25, 0.3) is 0 Å². The van der Waals surface area contributed by atoms with E-state index in [1.165, 1.54) is 44.9 Å². The van der Waals surface area contributed by atoms with Crippen LogP contribution in [0.25, 0.3) is 0 Å². The smallest absolute Gasteiger partial charge is 0.0622 e. The van der Waals surface area contributed by atoms with Gasteiger partial charge in [0.05, 0.1) is 5.60 Å². The molecule has 0 unspecified atom stereocenters. The minimum absolute atomic E-state index is 0.368. The summed E-state index contributed by atoms with van der Waals surface area (Å²) < 4.78 is 0. The number of aliphatic hydroxyl groups is 1. The largest absolute Gasteiger partial charge is 0.390 e. The Morgan fingerprint density at radius 1 is 0.826 bits per heavy atom. The van der Waals surface area contributed by atoms with Crippen LogP contribution in [0, 0.1) is 46.8 Å². The Balaban J connectivity index is 1.54. The monoisotopic (exact) mass is 318 g/mol. The fourth-order valence-corrected chi connectivity index (χ4v) is 8.22. The van der Waals surface area contributed by atoms with E-state index in [4.69, 9.17) is 0 Å². The van der Waals surface area contributed by atoms with Crippen LogP contribution >= 0.6 is 0 Å². The summed E-state index contributed by atoms with van der Waals surface area (Å²) in [4.78, 5) is 0. The second-order valence-corrected chi connectivity index (χ2v) is 10.6. The number of fused-ring (bicyclic) bond motifs is 5. The van der Waals surface area contributed by atoms with Gasteiger partial charge in [0.2, 0.25) is 0 Å². The van der Waals surface area contributed by atoms with Crippen LogP contribution in [0.3, 0.4) is 0 Å². The lowest BCUT2D eigenvalue weighted by Gasteiger charge is -2.57. The van der Waals surface area contributed by atoms with Gasteiger partial charge in [-0.2, -0.15) is 0 Å². The molecular weight excluding hydrogens is 280 g/mol. The average Bonchev–Trinajstić information content (AvgIpc) is 2.83. The highest BCUT2D eigenvalue weighted by molar-refractivity contribution is 5.07. The summed E-state index contributed by atoms with van der Waals surface area (Å²) >= 11 is 0. The molecule has 1 N–H and O–H groups in total. The van der Waals surface area contributed by atoms with E-state index in [0.29, 0.717) is 5.41 Å². The van der Waals surface area contributed by atoms with Crippen LogP contribution in [0.5, 0.6) is 0 Å². The van der Waals surface area contributed by atoms with Crippen LogP contribution in [-0.2, 0) is 0 Å². The minimum Gasteiger partial charge on any atom is -0.390 e. The zero-order chi connectivity index (χ0) is 16.4. The van der Waals surface area contributed by atoms with Crippen molar-refractivity contribution in [1.29, 1.82) is 0 Å². The number of hydrogen-bond donors (Lipinski definition) is 1. The van der Waals surface area contributed by atoms with E-state index in [-0.39, 0.29) is 5.60 Å².